The van der Waals surface area contributed by atoms with Crippen LogP contribution in [0, 0.1) is 0 Å². The van der Waals surface area contributed by atoms with E-state index in [0.717, 1.165) is 21.5 Å². The number of nitrogens with zero attached hydrogens (tertiary/aromatic N) is 3. The lowest BCUT2D eigenvalue weighted by molar-refractivity contribution is 0.668. The number of rotatable bonds is 4. The minimum atomic E-state index is -0.373. The minimum Gasteiger partial charge on any atom is -0.456 e. The van der Waals surface area contributed by atoms with Crippen LogP contribution in [-0.4, -0.2) is 15.0 Å². The third-order valence-corrected chi connectivity index (χ3v) is 9.26. The number of fused-ring (bicyclic) bond motifs is 9. The summed E-state index contributed by atoms with van der Waals surface area (Å²) in [4.78, 5) is 14.6. The molecule has 6 heteroatoms. The maximum absolute atomic E-state index is 9.55. The van der Waals surface area contributed by atoms with Gasteiger partial charge in [0.25, 0.3) is 0 Å². The van der Waals surface area contributed by atoms with Crippen molar-refractivity contribution in [3.63, 3.8) is 0 Å². The van der Waals surface area contributed by atoms with E-state index in [1.165, 1.54) is 0 Å². The molecule has 238 valence electrons. The van der Waals surface area contributed by atoms with Gasteiger partial charge < -0.3 is 13.3 Å². The summed E-state index contributed by atoms with van der Waals surface area (Å²) in [6.45, 7) is 0. The molecule has 11 aromatic rings. The highest BCUT2D eigenvalue weighted by molar-refractivity contribution is 6.13. The Labute approximate surface area is 298 Å². The molecule has 7 aromatic carbocycles. The zero-order valence-electron chi connectivity index (χ0n) is 32.5. The molecule has 0 radical (unpaired) electrons. The molecular formula is C45H25N3O3. The second kappa shape index (κ2) is 10.7. The predicted octanol–water partition coefficient (Wildman–Crippen LogP) is 12.2. The quantitative estimate of drug-likeness (QED) is 0.187. The van der Waals surface area contributed by atoms with Crippen LogP contribution in [0.3, 0.4) is 0 Å². The lowest BCUT2D eigenvalue weighted by Gasteiger charge is -2.09. The second-order valence-electron chi connectivity index (χ2n) is 12.3. The van der Waals surface area contributed by atoms with E-state index in [2.05, 4.69) is 0 Å². The molecule has 6 nitrogen and oxygen atoms in total. The summed E-state index contributed by atoms with van der Waals surface area (Å²) in [5.41, 5.74) is 4.57. The first kappa shape index (κ1) is 22.6. The summed E-state index contributed by atoms with van der Waals surface area (Å²) in [5, 5.41) is 3.57. The van der Waals surface area contributed by atoms with Crippen LogP contribution in [0.5, 0.6) is 0 Å². The SMILES string of the molecule is [2H]c1c([2H])c([2H])c2c(oc3c([2H])c(-c4nc(-c5ccccc5)nc(-c5cccc6oc7ccccc7c56)n4)c([2H])c([2H])c32)c1-c1ccc2c(c1)oc1ccccc12. The number of para-hydroxylation sites is 3. The third-order valence-electron chi connectivity index (χ3n) is 9.26. The van der Waals surface area contributed by atoms with E-state index in [4.69, 9.17) is 32.3 Å². The molecule has 0 atom stereocenters. The molecule has 0 aliphatic heterocycles. The highest BCUT2D eigenvalue weighted by Crippen LogP contribution is 2.40. The van der Waals surface area contributed by atoms with Gasteiger partial charge in [0.2, 0.25) is 0 Å². The molecule has 4 heterocycles. The molecule has 0 amide bonds. The first-order valence-electron chi connectivity index (χ1n) is 19.4. The van der Waals surface area contributed by atoms with Gasteiger partial charge in [0.1, 0.15) is 33.5 Å². The monoisotopic (exact) mass is 661 g/mol. The van der Waals surface area contributed by atoms with Crippen molar-refractivity contribution in [2.24, 2.45) is 0 Å². The van der Waals surface area contributed by atoms with Gasteiger partial charge in [-0.1, -0.05) is 109 Å². The van der Waals surface area contributed by atoms with E-state index >= 15 is 0 Å². The smallest absolute Gasteiger partial charge is 0.164 e. The summed E-state index contributed by atoms with van der Waals surface area (Å²) in [6, 6.07) is 33.8. The summed E-state index contributed by atoms with van der Waals surface area (Å²) in [6.07, 6.45) is 0. The first-order valence-corrected chi connectivity index (χ1v) is 16.4. The fourth-order valence-corrected chi connectivity index (χ4v) is 6.90. The number of benzene rings is 7. The molecule has 11 rings (SSSR count). The molecule has 0 saturated heterocycles. The van der Waals surface area contributed by atoms with Crippen molar-refractivity contribution in [3.8, 4) is 45.3 Å². The van der Waals surface area contributed by atoms with Crippen molar-refractivity contribution < 1.29 is 21.5 Å². The topological polar surface area (TPSA) is 78.1 Å². The first-order chi connectivity index (χ1) is 27.8. The van der Waals surface area contributed by atoms with Crippen molar-refractivity contribution in [3.05, 3.63) is 152 Å². The van der Waals surface area contributed by atoms with Gasteiger partial charge >= 0.3 is 0 Å². The molecule has 0 aliphatic rings. The molecule has 0 saturated carbocycles. The average molecular weight is 662 g/mol. The van der Waals surface area contributed by atoms with Crippen LogP contribution < -0.4 is 0 Å². The van der Waals surface area contributed by atoms with Crippen molar-refractivity contribution in [1.82, 2.24) is 15.0 Å². The largest absolute Gasteiger partial charge is 0.456 e. The average Bonchev–Trinajstić information content (AvgIpc) is 3.94. The highest BCUT2D eigenvalue weighted by Gasteiger charge is 2.19. The van der Waals surface area contributed by atoms with E-state index in [9.17, 15) is 4.11 Å². The lowest BCUT2D eigenvalue weighted by Crippen LogP contribution is -2.00. The molecule has 0 unspecified atom stereocenters. The van der Waals surface area contributed by atoms with Crippen molar-refractivity contribution in [1.29, 1.82) is 0 Å². The Balaban J connectivity index is 1.18. The van der Waals surface area contributed by atoms with Gasteiger partial charge in [-0.25, -0.2) is 15.0 Å². The molecule has 0 spiro atoms. The van der Waals surface area contributed by atoms with Crippen LogP contribution in [0.1, 0.15) is 8.22 Å². The number of hydrogen-bond acceptors (Lipinski definition) is 6. The van der Waals surface area contributed by atoms with Crippen LogP contribution in [0.4, 0.5) is 0 Å². The second-order valence-corrected chi connectivity index (χ2v) is 12.3. The van der Waals surface area contributed by atoms with Gasteiger partial charge in [-0.3, -0.25) is 0 Å². The van der Waals surface area contributed by atoms with Gasteiger partial charge in [0, 0.05) is 54.6 Å². The Hall–Kier alpha value is -7.05. The van der Waals surface area contributed by atoms with Gasteiger partial charge in [-0.15, -0.1) is 0 Å². The van der Waals surface area contributed by atoms with E-state index in [1.807, 2.05) is 103 Å². The Morgan fingerprint density at radius 3 is 2.00 bits per heavy atom. The van der Waals surface area contributed by atoms with Crippen LogP contribution in [0.15, 0.2) is 165 Å². The molecule has 0 aliphatic carbocycles. The van der Waals surface area contributed by atoms with E-state index in [1.54, 1.807) is 12.1 Å². The summed E-state index contributed by atoms with van der Waals surface area (Å²) in [5.74, 6) is 0.559. The molecule has 0 bridgehead atoms. The van der Waals surface area contributed by atoms with Crippen LogP contribution in [0.2, 0.25) is 0 Å². The zero-order chi connectivity index (χ0) is 38.7. The normalized spacial score (nSPS) is 13.6. The van der Waals surface area contributed by atoms with Gasteiger partial charge in [-0.05, 0) is 48.0 Å². The molecule has 51 heavy (non-hydrogen) atoms. The Morgan fingerprint density at radius 2 is 1.12 bits per heavy atom. The molecule has 4 aromatic heterocycles. The summed E-state index contributed by atoms with van der Waals surface area (Å²) >= 11 is 0. The van der Waals surface area contributed by atoms with E-state index in [0.29, 0.717) is 44.8 Å². The van der Waals surface area contributed by atoms with Crippen LogP contribution in [-0.2, 0) is 0 Å². The summed E-state index contributed by atoms with van der Waals surface area (Å²) < 4.78 is 73.8. The zero-order valence-corrected chi connectivity index (χ0v) is 26.5. The van der Waals surface area contributed by atoms with Crippen molar-refractivity contribution >= 4 is 65.8 Å². The van der Waals surface area contributed by atoms with Gasteiger partial charge in [-0.2, -0.15) is 0 Å². The highest BCUT2D eigenvalue weighted by atomic mass is 16.3. The van der Waals surface area contributed by atoms with E-state index in [-0.39, 0.29) is 81.0 Å². The Kier molecular flexibility index (Phi) is 4.74. The maximum atomic E-state index is 9.55. The lowest BCUT2D eigenvalue weighted by atomic mass is 10.0. The summed E-state index contributed by atoms with van der Waals surface area (Å²) in [7, 11) is 0. The van der Waals surface area contributed by atoms with Gasteiger partial charge in [0.15, 0.2) is 17.5 Å². The van der Waals surface area contributed by atoms with Gasteiger partial charge in [0.05, 0.1) is 8.22 Å². The molecular weight excluding hydrogens is 631 g/mol. The standard InChI is InChI=1S/C45H25N3O3/c1-2-10-26(11-3-1)43-46-44(48-45(47-43)35-16-9-19-38-41(35)34-13-5-7-18-37(34)49-38)28-21-23-32-33-15-8-14-29(42(33)51-40(32)25-28)27-20-22-31-30-12-4-6-17-36(30)50-39(31)24-27/h1-25H/i8D,14D,15D,21D,23D,25D. The van der Waals surface area contributed by atoms with Crippen molar-refractivity contribution in [2.45, 2.75) is 0 Å². The number of aromatic nitrogens is 3. The molecule has 0 fully saturated rings. The van der Waals surface area contributed by atoms with E-state index < -0.39 is 0 Å². The van der Waals surface area contributed by atoms with Crippen LogP contribution in [0.25, 0.3) is 111 Å². The Bertz CT molecular complexity index is 3500. The fraction of sp³-hybridized carbons (Fsp3) is 0. The minimum absolute atomic E-state index is 0.0152. The molecule has 0 N–H and O–H groups in total. The fourth-order valence-electron chi connectivity index (χ4n) is 6.90. The predicted molar refractivity (Wildman–Crippen MR) is 203 cm³/mol. The van der Waals surface area contributed by atoms with Crippen LogP contribution >= 0.6 is 0 Å². The number of furan rings is 3. The van der Waals surface area contributed by atoms with Crippen molar-refractivity contribution in [2.75, 3.05) is 0 Å². The Morgan fingerprint density at radius 1 is 0.412 bits per heavy atom. The number of hydrogen-bond donors (Lipinski definition) is 0. The third kappa shape index (κ3) is 4.33. The maximum Gasteiger partial charge on any atom is 0.164 e.